The third-order valence-corrected chi connectivity index (χ3v) is 5.01. The second-order valence-electron chi connectivity index (χ2n) is 7.56. The number of hydrogen-bond acceptors (Lipinski definition) is 5. The molecule has 2 N–H and O–H groups in total. The largest absolute Gasteiger partial charge is 0.365 e. The number of amides is 1. The van der Waals surface area contributed by atoms with Crippen molar-refractivity contribution in [2.24, 2.45) is 18.7 Å². The number of piperidine rings is 1. The van der Waals surface area contributed by atoms with E-state index in [1.165, 1.54) is 0 Å². The highest BCUT2D eigenvalue weighted by atomic mass is 16.1. The molecule has 1 aliphatic heterocycles. The quantitative estimate of drug-likeness (QED) is 0.853. The molecule has 0 atom stereocenters. The summed E-state index contributed by atoms with van der Waals surface area (Å²) >= 11 is 0. The minimum Gasteiger partial charge on any atom is -0.365 e. The number of nitrogens with two attached hydrogens (primary N) is 1. The number of aryl methyl sites for hydroxylation is 1. The van der Waals surface area contributed by atoms with Gasteiger partial charge >= 0.3 is 0 Å². The number of nitrogens with zero attached hydrogens (tertiary/aromatic N) is 5. The van der Waals surface area contributed by atoms with Crippen molar-refractivity contribution in [1.29, 1.82) is 0 Å². The number of hydrogen-bond donors (Lipinski definition) is 1. The van der Waals surface area contributed by atoms with E-state index in [0.717, 1.165) is 56.0 Å². The summed E-state index contributed by atoms with van der Waals surface area (Å²) in [5.41, 5.74) is 8.00. The molecule has 0 radical (unpaired) electrons. The zero-order valence-corrected chi connectivity index (χ0v) is 15.9. The molecule has 0 unspecified atom stereocenters. The van der Waals surface area contributed by atoms with E-state index in [4.69, 9.17) is 5.73 Å². The molecule has 1 aliphatic rings. The molecule has 0 saturated carbocycles. The van der Waals surface area contributed by atoms with Crippen LogP contribution in [0, 0.1) is 5.92 Å². The van der Waals surface area contributed by atoms with Gasteiger partial charge in [0.05, 0.1) is 11.3 Å². The minimum atomic E-state index is -0.393. The van der Waals surface area contributed by atoms with Crippen LogP contribution in [0.1, 0.15) is 60.0 Å². The van der Waals surface area contributed by atoms with Gasteiger partial charge in [0.2, 0.25) is 0 Å². The summed E-state index contributed by atoms with van der Waals surface area (Å²) in [6.07, 6.45) is 8.62. The molecule has 0 bridgehead atoms. The molecule has 1 amide bonds. The van der Waals surface area contributed by atoms with Gasteiger partial charge in [-0.3, -0.25) is 14.4 Å². The van der Waals surface area contributed by atoms with Gasteiger partial charge in [-0.1, -0.05) is 13.8 Å². The van der Waals surface area contributed by atoms with Gasteiger partial charge < -0.3 is 5.73 Å². The van der Waals surface area contributed by atoms with Crippen LogP contribution in [0.2, 0.25) is 0 Å². The molecular formula is C19H28N6O. The summed E-state index contributed by atoms with van der Waals surface area (Å²) in [5.74, 6) is 1.40. The molecule has 3 rings (SSSR count). The molecule has 0 spiro atoms. The highest BCUT2D eigenvalue weighted by molar-refractivity contribution is 5.93. The Labute approximate surface area is 154 Å². The maximum atomic E-state index is 11.5. The molecule has 2 aromatic heterocycles. The first-order valence-electron chi connectivity index (χ1n) is 9.28. The van der Waals surface area contributed by atoms with Gasteiger partial charge in [-0.15, -0.1) is 0 Å². The summed E-state index contributed by atoms with van der Waals surface area (Å²) in [6.45, 7) is 7.17. The Balaban J connectivity index is 1.52. The van der Waals surface area contributed by atoms with Crippen molar-refractivity contribution in [2.75, 3.05) is 13.1 Å². The van der Waals surface area contributed by atoms with Crippen molar-refractivity contribution < 1.29 is 4.79 Å². The number of rotatable bonds is 6. The van der Waals surface area contributed by atoms with Gasteiger partial charge in [-0.25, -0.2) is 9.97 Å². The SMILES string of the molecule is CC(C)c1ncc(CN2CCC(Cc3nn(C)cc3C(N)=O)CC2)cn1. The van der Waals surface area contributed by atoms with E-state index in [1.807, 2.05) is 19.4 Å². The molecule has 3 heterocycles. The number of primary amides is 1. The zero-order chi connectivity index (χ0) is 18.7. The Morgan fingerprint density at radius 1 is 1.27 bits per heavy atom. The first-order chi connectivity index (χ1) is 12.4. The van der Waals surface area contributed by atoms with Crippen molar-refractivity contribution in [1.82, 2.24) is 24.6 Å². The molecule has 26 heavy (non-hydrogen) atoms. The number of aromatic nitrogens is 4. The maximum Gasteiger partial charge on any atom is 0.252 e. The summed E-state index contributed by atoms with van der Waals surface area (Å²) in [7, 11) is 1.82. The lowest BCUT2D eigenvalue weighted by atomic mass is 9.91. The first kappa shape index (κ1) is 18.5. The lowest BCUT2D eigenvalue weighted by Crippen LogP contribution is -2.34. The monoisotopic (exact) mass is 356 g/mol. The lowest BCUT2D eigenvalue weighted by molar-refractivity contribution is 0.0998. The highest BCUT2D eigenvalue weighted by Gasteiger charge is 2.23. The predicted molar refractivity (Wildman–Crippen MR) is 99.6 cm³/mol. The Morgan fingerprint density at radius 2 is 1.92 bits per heavy atom. The fraction of sp³-hybridized carbons (Fsp3) is 0.579. The molecule has 0 aromatic carbocycles. The molecule has 2 aromatic rings. The van der Waals surface area contributed by atoms with E-state index >= 15 is 0 Å². The smallest absolute Gasteiger partial charge is 0.252 e. The van der Waals surface area contributed by atoms with Gasteiger partial charge in [-0.2, -0.15) is 5.10 Å². The van der Waals surface area contributed by atoms with E-state index in [0.29, 0.717) is 17.4 Å². The molecule has 7 nitrogen and oxygen atoms in total. The van der Waals surface area contributed by atoms with E-state index in [1.54, 1.807) is 10.9 Å². The molecular weight excluding hydrogens is 328 g/mol. The van der Waals surface area contributed by atoms with Crippen LogP contribution in [0.5, 0.6) is 0 Å². The maximum absolute atomic E-state index is 11.5. The van der Waals surface area contributed by atoms with Gasteiger partial charge in [0.15, 0.2) is 0 Å². The average molecular weight is 356 g/mol. The van der Waals surface area contributed by atoms with E-state index in [9.17, 15) is 4.79 Å². The van der Waals surface area contributed by atoms with Crippen LogP contribution >= 0.6 is 0 Å². The lowest BCUT2D eigenvalue weighted by Gasteiger charge is -2.31. The van der Waals surface area contributed by atoms with Crippen molar-refractivity contribution in [3.8, 4) is 0 Å². The normalized spacial score (nSPS) is 16.3. The fourth-order valence-electron chi connectivity index (χ4n) is 3.52. The Kier molecular flexibility index (Phi) is 5.66. The topological polar surface area (TPSA) is 89.9 Å². The van der Waals surface area contributed by atoms with E-state index in [2.05, 4.69) is 33.8 Å². The van der Waals surface area contributed by atoms with Gasteiger partial charge in [-0.05, 0) is 38.3 Å². The third kappa shape index (κ3) is 4.46. The Morgan fingerprint density at radius 3 is 2.50 bits per heavy atom. The van der Waals surface area contributed by atoms with E-state index in [-0.39, 0.29) is 0 Å². The van der Waals surface area contributed by atoms with Crippen LogP contribution in [0.15, 0.2) is 18.6 Å². The highest BCUT2D eigenvalue weighted by Crippen LogP contribution is 2.23. The van der Waals surface area contributed by atoms with Gasteiger partial charge in [0, 0.05) is 43.7 Å². The zero-order valence-electron chi connectivity index (χ0n) is 15.9. The van der Waals surface area contributed by atoms with Crippen LogP contribution in [-0.2, 0) is 20.0 Å². The molecule has 1 fully saturated rings. The van der Waals surface area contributed by atoms with Gasteiger partial charge in [0.1, 0.15) is 5.82 Å². The standard InChI is InChI=1S/C19H28N6O/c1-13(2)19-21-9-15(10-22-19)11-25-6-4-14(5-7-25)8-17-16(18(20)26)12-24(3)23-17/h9-10,12-14H,4-8,11H2,1-3H3,(H2,20,26). The predicted octanol–water partition coefficient (Wildman–Crippen LogP) is 1.89. The van der Waals surface area contributed by atoms with Crippen molar-refractivity contribution in [3.05, 3.63) is 41.2 Å². The Bertz CT molecular complexity index is 744. The van der Waals surface area contributed by atoms with Crippen LogP contribution in [0.3, 0.4) is 0 Å². The molecule has 140 valence electrons. The fourth-order valence-corrected chi connectivity index (χ4v) is 3.52. The minimum absolute atomic E-state index is 0.358. The summed E-state index contributed by atoms with van der Waals surface area (Å²) < 4.78 is 1.67. The molecule has 1 saturated heterocycles. The number of carbonyl (C=O) groups excluding carboxylic acids is 1. The first-order valence-corrected chi connectivity index (χ1v) is 9.28. The summed E-state index contributed by atoms with van der Waals surface area (Å²) in [5, 5.41) is 4.42. The summed E-state index contributed by atoms with van der Waals surface area (Å²) in [4.78, 5) is 22.9. The average Bonchev–Trinajstić information content (AvgIpc) is 2.98. The number of carbonyl (C=O) groups is 1. The van der Waals surface area contributed by atoms with Crippen LogP contribution < -0.4 is 5.73 Å². The number of likely N-dealkylation sites (tertiary alicyclic amines) is 1. The van der Waals surface area contributed by atoms with Crippen molar-refractivity contribution in [2.45, 2.75) is 45.6 Å². The van der Waals surface area contributed by atoms with Crippen molar-refractivity contribution in [3.63, 3.8) is 0 Å². The second kappa shape index (κ2) is 7.95. The van der Waals surface area contributed by atoms with Gasteiger partial charge in [0.25, 0.3) is 5.91 Å². The van der Waals surface area contributed by atoms with Crippen LogP contribution in [0.25, 0.3) is 0 Å². The Hall–Kier alpha value is -2.28. The summed E-state index contributed by atoms with van der Waals surface area (Å²) in [6, 6.07) is 0. The molecule has 0 aliphatic carbocycles. The van der Waals surface area contributed by atoms with Crippen LogP contribution in [-0.4, -0.2) is 43.6 Å². The van der Waals surface area contributed by atoms with E-state index < -0.39 is 5.91 Å². The third-order valence-electron chi connectivity index (χ3n) is 5.01. The van der Waals surface area contributed by atoms with Crippen LogP contribution in [0.4, 0.5) is 0 Å². The molecule has 7 heteroatoms. The van der Waals surface area contributed by atoms with Crippen molar-refractivity contribution >= 4 is 5.91 Å². The second-order valence-corrected chi connectivity index (χ2v) is 7.56.